The first-order valence-electron chi connectivity index (χ1n) is 8.73. The van der Waals surface area contributed by atoms with E-state index in [1.165, 1.54) is 0 Å². The molecule has 6 nitrogen and oxygen atoms in total. The summed E-state index contributed by atoms with van der Waals surface area (Å²) in [4.78, 5) is 31.1. The first-order chi connectivity index (χ1) is 12.0. The maximum Gasteiger partial charge on any atom is 0.312 e. The summed E-state index contributed by atoms with van der Waals surface area (Å²) in [6, 6.07) is 6.75. The number of carbonyl (C=O) groups is 2. The molecule has 0 radical (unpaired) electrons. The highest BCUT2D eigenvalue weighted by molar-refractivity contribution is 7.18. The number of rotatable bonds is 5. The molecule has 0 aliphatic carbocycles. The summed E-state index contributed by atoms with van der Waals surface area (Å²) in [5.74, 6) is -0.0356. The highest BCUT2D eigenvalue weighted by Crippen LogP contribution is 2.37. The van der Waals surface area contributed by atoms with Gasteiger partial charge in [-0.15, -0.1) is 11.3 Å². The van der Waals surface area contributed by atoms with E-state index in [4.69, 9.17) is 10.7 Å². The Kier molecular flexibility index (Phi) is 5.22. The zero-order valence-electron chi connectivity index (χ0n) is 14.6. The number of hydrogen-bond donors (Lipinski definition) is 2. The number of likely N-dealkylation sites (tertiary alicyclic amines) is 1. The molecule has 2 heterocycles. The van der Waals surface area contributed by atoms with Crippen molar-refractivity contribution in [3.8, 4) is 0 Å². The van der Waals surface area contributed by atoms with Gasteiger partial charge < -0.3 is 16.0 Å². The van der Waals surface area contributed by atoms with Crippen LogP contribution in [-0.4, -0.2) is 34.4 Å². The van der Waals surface area contributed by atoms with Gasteiger partial charge in [-0.1, -0.05) is 32.4 Å². The fourth-order valence-electron chi connectivity index (χ4n) is 3.33. The number of nitrogens with one attached hydrogen (secondary N) is 1. The third-order valence-corrected chi connectivity index (χ3v) is 6.05. The molecule has 1 aliphatic rings. The molecule has 1 fully saturated rings. The molecule has 0 saturated carbocycles. The maximum atomic E-state index is 13.1. The topological polar surface area (TPSA) is 88.3 Å². The van der Waals surface area contributed by atoms with Gasteiger partial charge in [-0.3, -0.25) is 4.79 Å². The molecule has 2 aromatic rings. The van der Waals surface area contributed by atoms with Crippen LogP contribution in [0, 0.1) is 5.92 Å². The van der Waals surface area contributed by atoms with E-state index in [1.807, 2.05) is 43.0 Å². The van der Waals surface area contributed by atoms with Crippen molar-refractivity contribution in [1.29, 1.82) is 0 Å². The van der Waals surface area contributed by atoms with Crippen LogP contribution in [0.3, 0.4) is 0 Å². The summed E-state index contributed by atoms with van der Waals surface area (Å²) in [7, 11) is 0. The molecule has 3 rings (SSSR count). The van der Waals surface area contributed by atoms with E-state index < -0.39 is 12.1 Å². The normalized spacial score (nSPS) is 19.8. The van der Waals surface area contributed by atoms with Crippen LogP contribution in [0.4, 0.5) is 4.79 Å². The lowest BCUT2D eigenvalue weighted by Crippen LogP contribution is -2.52. The van der Waals surface area contributed by atoms with E-state index in [0.29, 0.717) is 6.54 Å². The standard InChI is InChI=1S/C18H24N4O2S/c1-3-11(2)15(21-18(19)24)17(23)22-10-6-8-13(22)16-20-12-7-4-5-9-14(12)25-16/h4-5,7,9,11,13,15H,3,6,8,10H2,1-2H3,(H3,19,21,24). The summed E-state index contributed by atoms with van der Waals surface area (Å²) in [6.45, 7) is 4.65. The van der Waals surface area contributed by atoms with E-state index in [1.54, 1.807) is 11.3 Å². The Morgan fingerprint density at radius 3 is 2.88 bits per heavy atom. The van der Waals surface area contributed by atoms with E-state index in [9.17, 15) is 9.59 Å². The molecule has 0 bridgehead atoms. The number of urea groups is 1. The second-order valence-corrected chi connectivity index (χ2v) is 7.64. The number of fused-ring (bicyclic) bond motifs is 1. The van der Waals surface area contributed by atoms with Gasteiger partial charge in [-0.25, -0.2) is 9.78 Å². The summed E-state index contributed by atoms with van der Waals surface area (Å²) >= 11 is 1.64. The molecule has 1 aromatic carbocycles. The van der Waals surface area contributed by atoms with Gasteiger partial charge >= 0.3 is 6.03 Å². The molecule has 1 aliphatic heterocycles. The molecule has 7 heteroatoms. The molecule has 134 valence electrons. The summed E-state index contributed by atoms with van der Waals surface area (Å²) in [6.07, 6.45) is 2.63. The zero-order chi connectivity index (χ0) is 18.0. The fraction of sp³-hybridized carbons (Fsp3) is 0.500. The Balaban J connectivity index is 1.86. The first kappa shape index (κ1) is 17.7. The number of amides is 3. The highest BCUT2D eigenvalue weighted by Gasteiger charge is 2.37. The summed E-state index contributed by atoms with van der Waals surface area (Å²) < 4.78 is 1.13. The number of nitrogens with two attached hydrogens (primary N) is 1. The average molecular weight is 360 g/mol. The van der Waals surface area contributed by atoms with Crippen molar-refractivity contribution in [2.75, 3.05) is 6.54 Å². The van der Waals surface area contributed by atoms with Crippen LogP contribution in [0.25, 0.3) is 10.2 Å². The molecular weight excluding hydrogens is 336 g/mol. The molecule has 3 unspecified atom stereocenters. The number of primary amides is 1. The van der Waals surface area contributed by atoms with Crippen molar-refractivity contribution < 1.29 is 9.59 Å². The minimum atomic E-state index is -0.658. The summed E-state index contributed by atoms with van der Waals surface area (Å²) in [5, 5.41) is 3.60. The molecule has 1 saturated heterocycles. The van der Waals surface area contributed by atoms with Crippen molar-refractivity contribution in [2.45, 2.75) is 45.2 Å². The minimum absolute atomic E-state index is 0.0221. The third-order valence-electron chi connectivity index (χ3n) is 4.91. The SMILES string of the molecule is CCC(C)C(NC(N)=O)C(=O)N1CCCC1c1nc2ccccc2s1. The number of carbonyl (C=O) groups excluding carboxylic acids is 2. The number of benzene rings is 1. The van der Waals surface area contributed by atoms with Crippen molar-refractivity contribution in [2.24, 2.45) is 11.7 Å². The predicted octanol–water partition coefficient (Wildman–Crippen LogP) is 3.04. The molecule has 0 spiro atoms. The van der Waals surface area contributed by atoms with Crippen LogP contribution in [-0.2, 0) is 4.79 Å². The Bertz CT molecular complexity index is 742. The average Bonchev–Trinajstić information content (AvgIpc) is 3.24. The number of hydrogen-bond acceptors (Lipinski definition) is 4. The fourth-order valence-corrected chi connectivity index (χ4v) is 4.45. The maximum absolute atomic E-state index is 13.1. The quantitative estimate of drug-likeness (QED) is 0.859. The largest absolute Gasteiger partial charge is 0.352 e. The highest BCUT2D eigenvalue weighted by atomic mass is 32.1. The van der Waals surface area contributed by atoms with Crippen LogP contribution in [0.2, 0.25) is 0 Å². The van der Waals surface area contributed by atoms with Crippen molar-refractivity contribution in [1.82, 2.24) is 15.2 Å². The minimum Gasteiger partial charge on any atom is -0.352 e. The monoisotopic (exact) mass is 360 g/mol. The molecule has 3 atom stereocenters. The zero-order valence-corrected chi connectivity index (χ0v) is 15.4. The van der Waals surface area contributed by atoms with Gasteiger partial charge in [0.25, 0.3) is 0 Å². The van der Waals surface area contributed by atoms with Gasteiger partial charge in [-0.2, -0.15) is 0 Å². The second kappa shape index (κ2) is 7.39. The van der Waals surface area contributed by atoms with Gasteiger partial charge in [0.1, 0.15) is 11.0 Å². The lowest BCUT2D eigenvalue weighted by atomic mass is 9.97. The van der Waals surface area contributed by atoms with Crippen molar-refractivity contribution >= 4 is 33.5 Å². The summed E-state index contributed by atoms with van der Waals surface area (Å²) in [5.41, 5.74) is 6.26. The molecule has 25 heavy (non-hydrogen) atoms. The lowest BCUT2D eigenvalue weighted by Gasteiger charge is -2.30. The lowest BCUT2D eigenvalue weighted by molar-refractivity contribution is -0.135. The first-order valence-corrected chi connectivity index (χ1v) is 9.54. The Morgan fingerprint density at radius 1 is 1.44 bits per heavy atom. The number of thiazole rings is 1. The van der Waals surface area contributed by atoms with E-state index in [-0.39, 0.29) is 17.9 Å². The number of aromatic nitrogens is 1. The van der Waals surface area contributed by atoms with E-state index >= 15 is 0 Å². The second-order valence-electron chi connectivity index (χ2n) is 6.58. The van der Waals surface area contributed by atoms with Gasteiger partial charge in [0.2, 0.25) is 5.91 Å². The predicted molar refractivity (Wildman–Crippen MR) is 99.3 cm³/mol. The number of para-hydroxylation sites is 1. The molecule has 1 aromatic heterocycles. The third kappa shape index (κ3) is 3.61. The van der Waals surface area contributed by atoms with Gasteiger partial charge in [0, 0.05) is 6.54 Å². The van der Waals surface area contributed by atoms with Crippen LogP contribution in [0.15, 0.2) is 24.3 Å². The Labute approximate surface area is 151 Å². The van der Waals surface area contributed by atoms with Gasteiger partial charge in [0.15, 0.2) is 0 Å². The Morgan fingerprint density at radius 2 is 2.20 bits per heavy atom. The van der Waals surface area contributed by atoms with E-state index in [2.05, 4.69) is 5.32 Å². The molecular formula is C18H24N4O2S. The van der Waals surface area contributed by atoms with Gasteiger partial charge in [-0.05, 0) is 30.9 Å². The van der Waals surface area contributed by atoms with Crippen LogP contribution in [0.1, 0.15) is 44.2 Å². The molecule has 3 N–H and O–H groups in total. The van der Waals surface area contributed by atoms with Crippen LogP contribution >= 0.6 is 11.3 Å². The van der Waals surface area contributed by atoms with Gasteiger partial charge in [0.05, 0.1) is 16.3 Å². The Hall–Kier alpha value is -2.15. The van der Waals surface area contributed by atoms with Crippen molar-refractivity contribution in [3.05, 3.63) is 29.3 Å². The molecule has 3 amide bonds. The number of nitrogens with zero attached hydrogens (tertiary/aromatic N) is 2. The van der Waals surface area contributed by atoms with Crippen molar-refractivity contribution in [3.63, 3.8) is 0 Å². The van der Waals surface area contributed by atoms with Crippen LogP contribution < -0.4 is 11.1 Å². The van der Waals surface area contributed by atoms with E-state index in [0.717, 1.165) is 34.5 Å². The van der Waals surface area contributed by atoms with Crippen LogP contribution in [0.5, 0.6) is 0 Å². The smallest absolute Gasteiger partial charge is 0.312 e.